The Labute approximate surface area is 96.1 Å². The normalized spacial score (nSPS) is 10.6. The minimum Gasteiger partial charge on any atom is -0.313 e. The molecule has 0 unspecified atom stereocenters. The Morgan fingerprint density at radius 1 is 1.31 bits per heavy atom. The second-order valence-corrected chi connectivity index (χ2v) is 3.78. The van der Waals surface area contributed by atoms with Gasteiger partial charge in [0.05, 0.1) is 12.0 Å². The molecule has 0 saturated heterocycles. The number of imidazole rings is 1. The van der Waals surface area contributed by atoms with Gasteiger partial charge in [-0.3, -0.25) is 0 Å². The van der Waals surface area contributed by atoms with E-state index in [0.29, 0.717) is 0 Å². The van der Waals surface area contributed by atoms with Gasteiger partial charge < -0.3 is 9.88 Å². The predicted molar refractivity (Wildman–Crippen MR) is 65.6 cm³/mol. The van der Waals surface area contributed by atoms with Crippen LogP contribution in [0.4, 0.5) is 0 Å². The van der Waals surface area contributed by atoms with Gasteiger partial charge in [-0.25, -0.2) is 4.98 Å². The van der Waals surface area contributed by atoms with E-state index < -0.39 is 0 Å². The van der Waals surface area contributed by atoms with Gasteiger partial charge in [0.1, 0.15) is 0 Å². The van der Waals surface area contributed by atoms with E-state index >= 15 is 0 Å². The number of hydrogen-bond donors (Lipinski definition) is 1. The summed E-state index contributed by atoms with van der Waals surface area (Å²) in [5, 5.41) is 3.42. The summed E-state index contributed by atoms with van der Waals surface area (Å²) in [6.07, 6.45) is 6.76. The lowest BCUT2D eigenvalue weighted by atomic mass is 10.1. The molecule has 1 aromatic heterocycles. The van der Waals surface area contributed by atoms with Crippen LogP contribution in [0, 0.1) is 0 Å². The zero-order chi connectivity index (χ0) is 11.2. The summed E-state index contributed by atoms with van der Waals surface area (Å²) in [6.45, 7) is 4.13. The van der Waals surface area contributed by atoms with Crippen LogP contribution in [0.1, 0.15) is 18.9 Å². The molecule has 0 saturated carbocycles. The Morgan fingerprint density at radius 2 is 2.19 bits per heavy atom. The van der Waals surface area contributed by atoms with E-state index in [1.807, 2.05) is 17.1 Å². The minimum absolute atomic E-state index is 0.905. The molecule has 1 N–H and O–H groups in total. The molecule has 2 aromatic rings. The standard InChI is InChI=1S/C13H17N3/c1-2-7-14-10-12-5-3-4-6-13(12)16-9-8-15-11-16/h3-6,8-9,11,14H,2,7,10H2,1H3. The third-order valence-electron chi connectivity index (χ3n) is 2.52. The van der Waals surface area contributed by atoms with Gasteiger partial charge in [-0.05, 0) is 24.6 Å². The zero-order valence-corrected chi connectivity index (χ0v) is 9.56. The number of benzene rings is 1. The second kappa shape index (κ2) is 5.47. The molecule has 0 fully saturated rings. The highest BCUT2D eigenvalue weighted by Gasteiger charge is 2.02. The molecule has 0 aliphatic rings. The van der Waals surface area contributed by atoms with Crippen LogP contribution in [0.25, 0.3) is 5.69 Å². The molecule has 3 nitrogen and oxygen atoms in total. The Bertz CT molecular complexity index is 421. The van der Waals surface area contributed by atoms with Crippen LogP contribution in [0.5, 0.6) is 0 Å². The van der Waals surface area contributed by atoms with Crippen LogP contribution >= 0.6 is 0 Å². The van der Waals surface area contributed by atoms with Crippen LogP contribution in [0.2, 0.25) is 0 Å². The summed E-state index contributed by atoms with van der Waals surface area (Å²) in [6, 6.07) is 8.39. The summed E-state index contributed by atoms with van der Waals surface area (Å²) in [5.41, 5.74) is 2.50. The van der Waals surface area contributed by atoms with E-state index in [-0.39, 0.29) is 0 Å². The molecule has 0 atom stereocenters. The summed E-state index contributed by atoms with van der Waals surface area (Å²) in [5.74, 6) is 0. The lowest BCUT2D eigenvalue weighted by Crippen LogP contribution is -2.15. The molecule has 84 valence electrons. The molecule has 3 heteroatoms. The minimum atomic E-state index is 0.905. The first kappa shape index (κ1) is 10.9. The largest absolute Gasteiger partial charge is 0.313 e. The van der Waals surface area contributed by atoms with E-state index in [9.17, 15) is 0 Å². The first-order valence-electron chi connectivity index (χ1n) is 5.68. The van der Waals surface area contributed by atoms with Gasteiger partial charge in [-0.2, -0.15) is 0 Å². The van der Waals surface area contributed by atoms with E-state index in [0.717, 1.165) is 19.5 Å². The SMILES string of the molecule is CCCNCc1ccccc1-n1ccnc1. The number of nitrogens with zero attached hydrogens (tertiary/aromatic N) is 2. The lowest BCUT2D eigenvalue weighted by Gasteiger charge is -2.10. The third-order valence-corrected chi connectivity index (χ3v) is 2.52. The van der Waals surface area contributed by atoms with Crippen LogP contribution in [0.15, 0.2) is 43.0 Å². The lowest BCUT2D eigenvalue weighted by molar-refractivity contribution is 0.673. The maximum atomic E-state index is 4.08. The second-order valence-electron chi connectivity index (χ2n) is 3.78. The first-order chi connectivity index (χ1) is 7.92. The van der Waals surface area contributed by atoms with Gasteiger partial charge in [0.2, 0.25) is 0 Å². The van der Waals surface area contributed by atoms with E-state index in [1.165, 1.54) is 11.3 Å². The highest BCUT2D eigenvalue weighted by atomic mass is 15.0. The van der Waals surface area contributed by atoms with Crippen molar-refractivity contribution in [2.24, 2.45) is 0 Å². The van der Waals surface area contributed by atoms with Crippen molar-refractivity contribution in [1.82, 2.24) is 14.9 Å². The van der Waals surface area contributed by atoms with Crippen molar-refractivity contribution in [2.75, 3.05) is 6.54 Å². The molecule has 1 aromatic carbocycles. The molecule has 0 bridgehead atoms. The molecule has 2 rings (SSSR count). The average molecular weight is 215 g/mol. The van der Waals surface area contributed by atoms with Gasteiger partial charge >= 0.3 is 0 Å². The molecule has 16 heavy (non-hydrogen) atoms. The number of hydrogen-bond acceptors (Lipinski definition) is 2. The van der Waals surface area contributed by atoms with Gasteiger partial charge in [-0.15, -0.1) is 0 Å². The molecular formula is C13H17N3. The number of para-hydroxylation sites is 1. The van der Waals surface area contributed by atoms with Crippen LogP contribution < -0.4 is 5.32 Å². The van der Waals surface area contributed by atoms with Gasteiger partial charge in [0.25, 0.3) is 0 Å². The maximum Gasteiger partial charge on any atom is 0.0991 e. The fourth-order valence-electron chi connectivity index (χ4n) is 1.71. The zero-order valence-electron chi connectivity index (χ0n) is 9.56. The highest BCUT2D eigenvalue weighted by molar-refractivity contribution is 5.40. The monoisotopic (exact) mass is 215 g/mol. The molecule has 0 radical (unpaired) electrons. The van der Waals surface area contributed by atoms with Gasteiger partial charge in [0, 0.05) is 18.9 Å². The topological polar surface area (TPSA) is 29.9 Å². The third kappa shape index (κ3) is 2.49. The fourth-order valence-corrected chi connectivity index (χ4v) is 1.71. The van der Waals surface area contributed by atoms with E-state index in [2.05, 4.69) is 41.5 Å². The van der Waals surface area contributed by atoms with Crippen molar-refractivity contribution in [3.05, 3.63) is 48.5 Å². The first-order valence-corrected chi connectivity index (χ1v) is 5.68. The summed E-state index contributed by atoms with van der Waals surface area (Å²) in [4.78, 5) is 4.08. The van der Waals surface area contributed by atoms with Gasteiger partial charge in [0.15, 0.2) is 0 Å². The van der Waals surface area contributed by atoms with E-state index in [1.54, 1.807) is 6.20 Å². The molecule has 0 spiro atoms. The summed E-state index contributed by atoms with van der Waals surface area (Å²) >= 11 is 0. The van der Waals surface area contributed by atoms with Crippen molar-refractivity contribution in [3.8, 4) is 5.69 Å². The number of rotatable bonds is 5. The van der Waals surface area contributed by atoms with E-state index in [4.69, 9.17) is 0 Å². The van der Waals surface area contributed by atoms with Crippen LogP contribution in [-0.2, 0) is 6.54 Å². The van der Waals surface area contributed by atoms with Crippen molar-refractivity contribution >= 4 is 0 Å². The Hall–Kier alpha value is -1.61. The Morgan fingerprint density at radius 3 is 2.94 bits per heavy atom. The van der Waals surface area contributed by atoms with Crippen molar-refractivity contribution in [1.29, 1.82) is 0 Å². The van der Waals surface area contributed by atoms with Crippen molar-refractivity contribution in [3.63, 3.8) is 0 Å². The maximum absolute atomic E-state index is 4.08. The molecule has 0 amide bonds. The molecule has 0 aliphatic heterocycles. The highest BCUT2D eigenvalue weighted by Crippen LogP contribution is 2.13. The summed E-state index contributed by atoms with van der Waals surface area (Å²) < 4.78 is 2.04. The quantitative estimate of drug-likeness (QED) is 0.776. The molecule has 0 aliphatic carbocycles. The van der Waals surface area contributed by atoms with Crippen molar-refractivity contribution in [2.45, 2.75) is 19.9 Å². The molecular weight excluding hydrogens is 198 g/mol. The Balaban J connectivity index is 2.18. The average Bonchev–Trinajstić information content (AvgIpc) is 2.83. The van der Waals surface area contributed by atoms with Crippen molar-refractivity contribution < 1.29 is 0 Å². The Kier molecular flexibility index (Phi) is 3.72. The van der Waals surface area contributed by atoms with Crippen LogP contribution in [-0.4, -0.2) is 16.1 Å². The number of aromatic nitrogens is 2. The number of nitrogens with one attached hydrogen (secondary N) is 1. The van der Waals surface area contributed by atoms with Crippen LogP contribution in [0.3, 0.4) is 0 Å². The smallest absolute Gasteiger partial charge is 0.0991 e. The fraction of sp³-hybridized carbons (Fsp3) is 0.308. The predicted octanol–water partition coefficient (Wildman–Crippen LogP) is 2.37. The van der Waals surface area contributed by atoms with Gasteiger partial charge in [-0.1, -0.05) is 25.1 Å². The summed E-state index contributed by atoms with van der Waals surface area (Å²) in [7, 11) is 0. The molecule has 1 heterocycles.